The van der Waals surface area contributed by atoms with Gasteiger partial charge in [0.25, 0.3) is 0 Å². The van der Waals surface area contributed by atoms with Crippen molar-refractivity contribution >= 4 is 11.6 Å². The average Bonchev–Trinajstić information content (AvgIpc) is 2.94. The summed E-state index contributed by atoms with van der Waals surface area (Å²) in [6.07, 6.45) is 5.24. The van der Waals surface area contributed by atoms with Gasteiger partial charge < -0.3 is 15.0 Å². The molecule has 0 spiro atoms. The van der Waals surface area contributed by atoms with Crippen LogP contribution in [0.2, 0.25) is 0 Å². The van der Waals surface area contributed by atoms with E-state index >= 15 is 0 Å². The second kappa shape index (κ2) is 5.96. The Bertz CT molecular complexity index is 524. The monoisotopic (exact) mass is 288 g/mol. The van der Waals surface area contributed by atoms with E-state index in [1.807, 2.05) is 7.05 Å². The van der Waals surface area contributed by atoms with Crippen molar-refractivity contribution in [1.29, 1.82) is 0 Å². The number of rotatable bonds is 3. The molecule has 0 aromatic heterocycles. The Morgan fingerprint density at radius 2 is 2.14 bits per heavy atom. The van der Waals surface area contributed by atoms with Crippen molar-refractivity contribution in [2.24, 2.45) is 0 Å². The molecule has 0 bridgehead atoms. The normalized spacial score (nSPS) is 21.8. The molecule has 1 fully saturated rings. The second-order valence-electron chi connectivity index (χ2n) is 6.30. The van der Waals surface area contributed by atoms with Gasteiger partial charge in [-0.05, 0) is 37.5 Å². The van der Waals surface area contributed by atoms with Crippen LogP contribution in [0.25, 0.3) is 0 Å². The lowest BCUT2D eigenvalue weighted by Crippen LogP contribution is -2.45. The van der Waals surface area contributed by atoms with E-state index in [9.17, 15) is 4.79 Å². The predicted molar refractivity (Wildman–Crippen MR) is 83.9 cm³/mol. The number of ether oxygens (including phenoxy) is 1. The number of aryl methyl sites for hydroxylation is 1. The minimum absolute atomic E-state index is 0.113. The number of hydrogen-bond donors (Lipinski definition) is 1. The summed E-state index contributed by atoms with van der Waals surface area (Å²) in [6, 6.07) is 6.72. The van der Waals surface area contributed by atoms with Crippen LogP contribution in [0, 0.1) is 6.92 Å². The molecule has 1 aliphatic carbocycles. The van der Waals surface area contributed by atoms with Crippen molar-refractivity contribution < 1.29 is 9.53 Å². The maximum atomic E-state index is 12.2. The summed E-state index contributed by atoms with van der Waals surface area (Å²) in [5.41, 5.74) is 2.27. The number of amides is 1. The molecule has 1 amide bonds. The van der Waals surface area contributed by atoms with Crippen LogP contribution in [0.5, 0.6) is 5.75 Å². The molecule has 0 saturated heterocycles. The van der Waals surface area contributed by atoms with E-state index in [1.165, 1.54) is 18.4 Å². The molecule has 114 valence electrons. The molecule has 1 N–H and O–H groups in total. The molecule has 1 aromatic carbocycles. The molecule has 21 heavy (non-hydrogen) atoms. The van der Waals surface area contributed by atoms with Gasteiger partial charge in [-0.2, -0.15) is 0 Å². The van der Waals surface area contributed by atoms with E-state index in [0.29, 0.717) is 19.1 Å². The third-order valence-corrected chi connectivity index (χ3v) is 4.62. The first-order chi connectivity index (χ1) is 10.1. The Kier molecular flexibility index (Phi) is 4.04. The topological polar surface area (TPSA) is 41.6 Å². The fraction of sp³-hybridized carbons (Fsp3) is 0.588. The molecule has 1 heterocycles. The fourth-order valence-electron chi connectivity index (χ4n) is 3.29. The molecule has 2 aliphatic rings. The summed E-state index contributed by atoms with van der Waals surface area (Å²) >= 11 is 0. The van der Waals surface area contributed by atoms with Gasteiger partial charge in [0.1, 0.15) is 12.4 Å². The maximum Gasteiger partial charge on any atom is 0.222 e. The number of fused-ring (bicyclic) bond motifs is 1. The van der Waals surface area contributed by atoms with E-state index in [2.05, 4.69) is 35.3 Å². The molecule has 3 rings (SSSR count). The van der Waals surface area contributed by atoms with E-state index in [4.69, 9.17) is 4.74 Å². The lowest BCUT2D eigenvalue weighted by atomic mass is 10.1. The highest BCUT2D eigenvalue weighted by molar-refractivity contribution is 5.78. The van der Waals surface area contributed by atoms with E-state index in [0.717, 1.165) is 24.3 Å². The Hall–Kier alpha value is -1.71. The Morgan fingerprint density at radius 3 is 2.90 bits per heavy atom. The number of benzene rings is 1. The summed E-state index contributed by atoms with van der Waals surface area (Å²) in [5.74, 6) is 1.07. The van der Waals surface area contributed by atoms with Crippen LogP contribution in [-0.4, -0.2) is 31.6 Å². The predicted octanol–water partition coefficient (Wildman–Crippen LogP) is 2.64. The van der Waals surface area contributed by atoms with Crippen LogP contribution in [0.4, 0.5) is 5.69 Å². The fourth-order valence-corrected chi connectivity index (χ4v) is 3.29. The molecule has 0 radical (unpaired) electrons. The zero-order valence-electron chi connectivity index (χ0n) is 12.9. The van der Waals surface area contributed by atoms with Crippen molar-refractivity contribution in [1.82, 2.24) is 5.32 Å². The molecule has 1 atom stereocenters. The van der Waals surface area contributed by atoms with Crippen molar-refractivity contribution in [3.63, 3.8) is 0 Å². The molecular weight excluding hydrogens is 264 g/mol. The van der Waals surface area contributed by atoms with Crippen molar-refractivity contribution in [3.05, 3.63) is 23.8 Å². The third kappa shape index (κ3) is 3.14. The van der Waals surface area contributed by atoms with Crippen LogP contribution >= 0.6 is 0 Å². The van der Waals surface area contributed by atoms with Crippen LogP contribution in [-0.2, 0) is 4.79 Å². The zero-order valence-corrected chi connectivity index (χ0v) is 12.9. The number of anilines is 1. The number of nitrogens with zero attached hydrogens (tertiary/aromatic N) is 1. The van der Waals surface area contributed by atoms with Crippen molar-refractivity contribution in [3.8, 4) is 5.75 Å². The highest BCUT2D eigenvalue weighted by Crippen LogP contribution is 2.34. The summed E-state index contributed by atoms with van der Waals surface area (Å²) in [7, 11) is 2.05. The molecular formula is C17H24N2O2. The summed E-state index contributed by atoms with van der Waals surface area (Å²) < 4.78 is 5.84. The first kappa shape index (κ1) is 14.2. The number of hydrogen-bond acceptors (Lipinski definition) is 3. The van der Waals surface area contributed by atoms with Crippen LogP contribution < -0.4 is 15.0 Å². The van der Waals surface area contributed by atoms with Gasteiger partial charge in [0.05, 0.1) is 18.2 Å². The van der Waals surface area contributed by atoms with Gasteiger partial charge in [0, 0.05) is 13.1 Å². The number of carbonyl (C=O) groups is 1. The quantitative estimate of drug-likeness (QED) is 0.929. The Morgan fingerprint density at radius 1 is 1.38 bits per heavy atom. The summed E-state index contributed by atoms with van der Waals surface area (Å²) in [4.78, 5) is 14.4. The maximum absolute atomic E-state index is 12.2. The highest BCUT2D eigenvalue weighted by atomic mass is 16.5. The highest BCUT2D eigenvalue weighted by Gasteiger charge is 2.27. The van der Waals surface area contributed by atoms with E-state index in [-0.39, 0.29) is 11.9 Å². The molecule has 1 aliphatic heterocycles. The van der Waals surface area contributed by atoms with Gasteiger partial charge >= 0.3 is 0 Å². The van der Waals surface area contributed by atoms with Crippen molar-refractivity contribution in [2.75, 3.05) is 18.6 Å². The lowest BCUT2D eigenvalue weighted by Gasteiger charge is -2.35. The number of carbonyl (C=O) groups excluding carboxylic acids is 1. The minimum atomic E-state index is 0.113. The average molecular weight is 288 g/mol. The van der Waals surface area contributed by atoms with Gasteiger partial charge in [0.2, 0.25) is 5.91 Å². The smallest absolute Gasteiger partial charge is 0.222 e. The van der Waals surface area contributed by atoms with E-state index in [1.54, 1.807) is 0 Å². The second-order valence-corrected chi connectivity index (χ2v) is 6.30. The minimum Gasteiger partial charge on any atom is -0.489 e. The van der Waals surface area contributed by atoms with Gasteiger partial charge in [-0.1, -0.05) is 18.9 Å². The van der Waals surface area contributed by atoms with Gasteiger partial charge in [-0.3, -0.25) is 4.79 Å². The zero-order chi connectivity index (χ0) is 14.8. The van der Waals surface area contributed by atoms with Crippen LogP contribution in [0.15, 0.2) is 18.2 Å². The molecule has 4 heteroatoms. The Balaban J connectivity index is 1.61. The number of likely N-dealkylation sites (N-methyl/N-ethyl adjacent to an activating group) is 1. The standard InChI is InChI=1S/C17H24N2O2/c1-12-7-8-15-16(9-12)21-11-14(19(15)2)10-17(20)18-13-5-3-4-6-13/h7-9,13-14H,3-6,10-11H2,1-2H3,(H,18,20)/t14-/m0/s1. The molecule has 1 saturated carbocycles. The summed E-state index contributed by atoms with van der Waals surface area (Å²) in [5, 5.41) is 3.16. The SMILES string of the molecule is Cc1ccc2c(c1)OC[C@H](CC(=O)NC1CCCC1)N2C. The van der Waals surface area contributed by atoms with Crippen LogP contribution in [0.1, 0.15) is 37.7 Å². The van der Waals surface area contributed by atoms with Crippen LogP contribution in [0.3, 0.4) is 0 Å². The summed E-state index contributed by atoms with van der Waals surface area (Å²) in [6.45, 7) is 2.63. The van der Waals surface area contributed by atoms with Gasteiger partial charge in [-0.15, -0.1) is 0 Å². The number of nitrogens with one attached hydrogen (secondary N) is 1. The first-order valence-corrected chi connectivity index (χ1v) is 7.89. The first-order valence-electron chi connectivity index (χ1n) is 7.89. The molecule has 1 aromatic rings. The van der Waals surface area contributed by atoms with Crippen molar-refractivity contribution in [2.45, 2.75) is 51.1 Å². The molecule has 4 nitrogen and oxygen atoms in total. The van der Waals surface area contributed by atoms with Gasteiger partial charge in [0.15, 0.2) is 0 Å². The van der Waals surface area contributed by atoms with E-state index < -0.39 is 0 Å². The molecule has 0 unspecified atom stereocenters. The van der Waals surface area contributed by atoms with Gasteiger partial charge in [-0.25, -0.2) is 0 Å². The largest absolute Gasteiger partial charge is 0.489 e. The third-order valence-electron chi connectivity index (χ3n) is 4.62. The Labute approximate surface area is 126 Å². The lowest BCUT2D eigenvalue weighted by molar-refractivity contribution is -0.122.